The highest BCUT2D eigenvalue weighted by atomic mass is 31.2. The Morgan fingerprint density at radius 3 is 2.53 bits per heavy atom. The number of carbonyl (C=O) groups excluding carboxylic acids is 1. The van der Waals surface area contributed by atoms with E-state index in [4.69, 9.17) is 9.79 Å². The highest BCUT2D eigenvalue weighted by molar-refractivity contribution is 7.46. The van der Waals surface area contributed by atoms with E-state index in [0.29, 0.717) is 11.6 Å². The quantitative estimate of drug-likeness (QED) is 0.334. The largest absolute Gasteiger partial charge is 0.469 e. The number of phosphoric ester groups is 1. The number of nitrogens with zero attached hydrogens (tertiary/aromatic N) is 3. The standard InChI is InChI=1S/C20H19F4N4O5P/c1-11-18(19(29)25-2)16(10-33-34(30,31)32)28(27-11)17-8-12(3-4-26-17)5-13-6-14(20(22,23)24)9-15(21)7-13/h3-4,6-9H,5,10H2,1-2H3,(H,25,29)(H2,30,31,32). The van der Waals surface area contributed by atoms with Gasteiger partial charge in [-0.3, -0.25) is 9.32 Å². The number of carbonyl (C=O) groups is 1. The molecule has 182 valence electrons. The van der Waals surface area contributed by atoms with Gasteiger partial charge in [-0.25, -0.2) is 18.6 Å². The number of alkyl halides is 3. The molecule has 2 heterocycles. The minimum atomic E-state index is -4.89. The number of halogens is 4. The van der Waals surface area contributed by atoms with E-state index in [2.05, 4.69) is 19.9 Å². The number of hydrogen-bond donors (Lipinski definition) is 3. The Labute approximate surface area is 190 Å². The Hall–Kier alpha value is -3.12. The molecule has 3 N–H and O–H groups in total. The third-order valence-electron chi connectivity index (χ3n) is 4.70. The molecule has 0 unspecified atom stereocenters. The van der Waals surface area contributed by atoms with E-state index in [1.165, 1.54) is 32.3 Å². The summed E-state index contributed by atoms with van der Waals surface area (Å²) < 4.78 is 69.7. The minimum Gasteiger partial charge on any atom is -0.355 e. The maximum absolute atomic E-state index is 13.8. The topological polar surface area (TPSA) is 127 Å². The van der Waals surface area contributed by atoms with Crippen LogP contribution in [-0.4, -0.2) is 37.5 Å². The van der Waals surface area contributed by atoms with E-state index in [0.717, 1.165) is 16.8 Å². The second-order valence-electron chi connectivity index (χ2n) is 7.21. The zero-order valence-electron chi connectivity index (χ0n) is 17.8. The number of benzene rings is 1. The molecule has 3 aromatic rings. The zero-order chi connectivity index (χ0) is 25.3. The molecule has 34 heavy (non-hydrogen) atoms. The molecule has 0 radical (unpaired) electrons. The first-order valence-electron chi connectivity index (χ1n) is 9.61. The molecular weight excluding hydrogens is 483 g/mol. The first kappa shape index (κ1) is 25.5. The molecule has 0 aliphatic carbocycles. The normalized spacial score (nSPS) is 12.1. The van der Waals surface area contributed by atoms with Gasteiger partial charge in [-0.1, -0.05) is 0 Å². The minimum absolute atomic E-state index is 0.00469. The van der Waals surface area contributed by atoms with Gasteiger partial charge in [0.15, 0.2) is 5.82 Å². The lowest BCUT2D eigenvalue weighted by molar-refractivity contribution is -0.137. The van der Waals surface area contributed by atoms with E-state index in [1.54, 1.807) is 0 Å². The van der Waals surface area contributed by atoms with Crippen LogP contribution in [0.15, 0.2) is 36.5 Å². The SMILES string of the molecule is CNC(=O)c1c(C)nn(-c2cc(Cc3cc(F)cc(C(F)(F)F)c3)ccn2)c1COP(=O)(O)O. The first-order valence-corrected chi connectivity index (χ1v) is 11.1. The van der Waals surface area contributed by atoms with Crippen LogP contribution in [0.25, 0.3) is 5.82 Å². The van der Waals surface area contributed by atoms with Crippen molar-refractivity contribution in [2.75, 3.05) is 7.05 Å². The van der Waals surface area contributed by atoms with Crippen LogP contribution in [0, 0.1) is 12.7 Å². The van der Waals surface area contributed by atoms with Gasteiger partial charge in [-0.15, -0.1) is 0 Å². The average Bonchev–Trinajstić information content (AvgIpc) is 3.06. The Bertz CT molecular complexity index is 1270. The molecule has 2 aromatic heterocycles. The number of aryl methyl sites for hydroxylation is 1. The maximum atomic E-state index is 13.8. The van der Waals surface area contributed by atoms with Gasteiger partial charge >= 0.3 is 14.0 Å². The van der Waals surface area contributed by atoms with Crippen molar-refractivity contribution in [1.29, 1.82) is 0 Å². The fourth-order valence-corrected chi connectivity index (χ4v) is 3.59. The summed E-state index contributed by atoms with van der Waals surface area (Å²) in [6.45, 7) is 0.815. The molecule has 3 rings (SSSR count). The van der Waals surface area contributed by atoms with Gasteiger partial charge in [0.2, 0.25) is 0 Å². The fourth-order valence-electron chi connectivity index (χ4n) is 3.30. The number of rotatable bonds is 7. The molecule has 0 spiro atoms. The Balaban J connectivity index is 2.02. The molecule has 14 heteroatoms. The summed E-state index contributed by atoms with van der Waals surface area (Å²) in [7, 11) is -3.53. The molecule has 0 bridgehead atoms. The van der Waals surface area contributed by atoms with E-state index in [1.807, 2.05) is 0 Å². The Morgan fingerprint density at radius 2 is 1.91 bits per heavy atom. The molecule has 0 atom stereocenters. The van der Waals surface area contributed by atoms with Crippen LogP contribution in [0.4, 0.5) is 17.6 Å². The van der Waals surface area contributed by atoms with Crippen LogP contribution in [0.3, 0.4) is 0 Å². The van der Waals surface area contributed by atoms with Crippen LogP contribution in [0.2, 0.25) is 0 Å². The highest BCUT2D eigenvalue weighted by Crippen LogP contribution is 2.38. The fraction of sp³-hybridized carbons (Fsp3) is 0.250. The second kappa shape index (κ2) is 9.63. The third-order valence-corrected chi connectivity index (χ3v) is 5.17. The molecule has 0 fully saturated rings. The van der Waals surface area contributed by atoms with Crippen molar-refractivity contribution < 1.29 is 41.2 Å². The van der Waals surface area contributed by atoms with Crippen molar-refractivity contribution in [2.45, 2.75) is 26.1 Å². The van der Waals surface area contributed by atoms with Gasteiger partial charge in [-0.05, 0) is 54.8 Å². The van der Waals surface area contributed by atoms with Crippen molar-refractivity contribution in [1.82, 2.24) is 20.1 Å². The van der Waals surface area contributed by atoms with E-state index in [-0.39, 0.29) is 34.8 Å². The predicted octanol–water partition coefficient (Wildman–Crippen LogP) is 3.29. The van der Waals surface area contributed by atoms with Crippen molar-refractivity contribution >= 4 is 13.7 Å². The molecule has 0 aliphatic heterocycles. The van der Waals surface area contributed by atoms with Crippen molar-refractivity contribution in [3.63, 3.8) is 0 Å². The van der Waals surface area contributed by atoms with Crippen LogP contribution in [-0.2, 0) is 28.3 Å². The van der Waals surface area contributed by atoms with Crippen molar-refractivity contribution in [3.05, 3.63) is 76.0 Å². The predicted molar refractivity (Wildman–Crippen MR) is 111 cm³/mol. The summed E-state index contributed by atoms with van der Waals surface area (Å²) in [6.07, 6.45) is -3.46. The van der Waals surface area contributed by atoms with Gasteiger partial charge < -0.3 is 15.1 Å². The van der Waals surface area contributed by atoms with E-state index in [9.17, 15) is 26.9 Å². The maximum Gasteiger partial charge on any atom is 0.469 e. The average molecular weight is 502 g/mol. The van der Waals surface area contributed by atoms with Gasteiger partial charge in [0.05, 0.1) is 22.5 Å². The number of hydrogen-bond acceptors (Lipinski definition) is 5. The van der Waals surface area contributed by atoms with Crippen LogP contribution < -0.4 is 5.32 Å². The number of pyridine rings is 1. The number of nitrogens with one attached hydrogen (secondary N) is 1. The van der Waals surface area contributed by atoms with Crippen LogP contribution in [0.1, 0.15) is 38.4 Å². The Kier molecular flexibility index (Phi) is 7.22. The summed E-state index contributed by atoms with van der Waals surface area (Å²) in [6, 6.07) is 5.17. The smallest absolute Gasteiger partial charge is 0.355 e. The Morgan fingerprint density at radius 1 is 1.21 bits per heavy atom. The van der Waals surface area contributed by atoms with E-state index < -0.39 is 37.9 Å². The van der Waals surface area contributed by atoms with Crippen molar-refractivity contribution in [3.8, 4) is 5.82 Å². The molecule has 1 aromatic carbocycles. The molecule has 0 saturated heterocycles. The number of aromatic nitrogens is 3. The van der Waals surface area contributed by atoms with Gasteiger partial charge in [0.1, 0.15) is 12.4 Å². The summed E-state index contributed by atoms with van der Waals surface area (Å²) in [5.41, 5.74) is -0.377. The first-order chi connectivity index (χ1) is 15.8. The third kappa shape index (κ3) is 6.06. The van der Waals surface area contributed by atoms with Gasteiger partial charge in [0, 0.05) is 13.2 Å². The van der Waals surface area contributed by atoms with E-state index >= 15 is 0 Å². The lowest BCUT2D eigenvalue weighted by Crippen LogP contribution is -2.20. The highest BCUT2D eigenvalue weighted by Gasteiger charge is 2.31. The summed E-state index contributed by atoms with van der Waals surface area (Å²) in [5.74, 6) is -1.51. The summed E-state index contributed by atoms with van der Waals surface area (Å²) >= 11 is 0. The van der Waals surface area contributed by atoms with Gasteiger partial charge in [-0.2, -0.15) is 18.3 Å². The lowest BCUT2D eigenvalue weighted by Gasteiger charge is -2.12. The summed E-state index contributed by atoms with van der Waals surface area (Å²) in [5, 5.41) is 6.61. The molecule has 0 saturated carbocycles. The molecular formula is C20H19F4N4O5P. The zero-order valence-corrected chi connectivity index (χ0v) is 18.7. The number of phosphoric acid groups is 1. The second-order valence-corrected chi connectivity index (χ2v) is 8.45. The monoisotopic (exact) mass is 502 g/mol. The molecule has 0 aliphatic rings. The lowest BCUT2D eigenvalue weighted by atomic mass is 10.0. The molecule has 9 nitrogen and oxygen atoms in total. The molecule has 1 amide bonds. The van der Waals surface area contributed by atoms with Gasteiger partial charge in [0.25, 0.3) is 5.91 Å². The van der Waals surface area contributed by atoms with Crippen molar-refractivity contribution in [2.24, 2.45) is 0 Å². The van der Waals surface area contributed by atoms with Crippen LogP contribution >= 0.6 is 7.82 Å². The summed E-state index contributed by atoms with van der Waals surface area (Å²) in [4.78, 5) is 34.6. The number of amides is 1. The van der Waals surface area contributed by atoms with Crippen LogP contribution in [0.5, 0.6) is 0 Å².